The van der Waals surface area contributed by atoms with Crippen molar-refractivity contribution in [3.63, 3.8) is 0 Å². The minimum atomic E-state index is -0.266. The van der Waals surface area contributed by atoms with Crippen LogP contribution in [0.1, 0.15) is 21.7 Å². The van der Waals surface area contributed by atoms with E-state index in [0.29, 0.717) is 5.02 Å². The number of esters is 1. The van der Waals surface area contributed by atoms with Gasteiger partial charge in [-0.05, 0) is 49.2 Å². The molecule has 0 aliphatic rings. The molecule has 0 spiro atoms. The summed E-state index contributed by atoms with van der Waals surface area (Å²) in [5.41, 5.74) is 5.80. The van der Waals surface area contributed by atoms with E-state index in [1.165, 1.54) is 11.3 Å². The van der Waals surface area contributed by atoms with Gasteiger partial charge in [-0.25, -0.2) is 9.97 Å². The molecule has 0 aliphatic heterocycles. The molecule has 2 aromatic heterocycles. The molecule has 0 radical (unpaired) electrons. The molecule has 0 amide bonds. The van der Waals surface area contributed by atoms with E-state index in [4.69, 9.17) is 16.3 Å². The van der Waals surface area contributed by atoms with E-state index in [-0.39, 0.29) is 19.0 Å². The highest BCUT2D eigenvalue weighted by atomic mass is 35.5. The molecule has 0 saturated heterocycles. The number of fused-ring (bicyclic) bond motifs is 1. The Hall–Kier alpha value is -2.70. The van der Waals surface area contributed by atoms with Crippen LogP contribution in [0.5, 0.6) is 0 Å². The van der Waals surface area contributed by atoms with Crippen molar-refractivity contribution in [2.75, 3.05) is 0 Å². The fourth-order valence-corrected chi connectivity index (χ4v) is 4.56. The second kappa shape index (κ2) is 7.97. The zero-order valence-electron chi connectivity index (χ0n) is 16.4. The summed E-state index contributed by atoms with van der Waals surface area (Å²) in [6.45, 7) is 4.15. The molecule has 0 fully saturated rings. The summed E-state index contributed by atoms with van der Waals surface area (Å²) in [5.74, 6) is -0.266. The standard InChI is InChI=1S/C22H20ClN3O2S/c1-13-8-16(23)5-6-17(13)22-25-14(2)20(29-22)10-21(27)28-11-15-4-7-19-18(9-15)24-12-26(19)3/h4-9,12H,10-11H2,1-3H3. The molecule has 29 heavy (non-hydrogen) atoms. The zero-order valence-corrected chi connectivity index (χ0v) is 18.0. The number of carbonyl (C=O) groups excluding carboxylic acids is 1. The highest BCUT2D eigenvalue weighted by Crippen LogP contribution is 2.32. The average molecular weight is 426 g/mol. The smallest absolute Gasteiger partial charge is 0.311 e. The summed E-state index contributed by atoms with van der Waals surface area (Å²) in [5, 5.41) is 1.59. The van der Waals surface area contributed by atoms with Crippen molar-refractivity contribution in [1.29, 1.82) is 0 Å². The van der Waals surface area contributed by atoms with Crippen molar-refractivity contribution in [2.45, 2.75) is 26.9 Å². The van der Waals surface area contributed by atoms with Crippen LogP contribution in [-0.4, -0.2) is 20.5 Å². The quantitative estimate of drug-likeness (QED) is 0.409. The van der Waals surface area contributed by atoms with Crippen molar-refractivity contribution in [3.8, 4) is 10.6 Å². The largest absolute Gasteiger partial charge is 0.461 e. The van der Waals surface area contributed by atoms with Crippen LogP contribution in [0.3, 0.4) is 0 Å². The molecule has 0 N–H and O–H groups in total. The van der Waals surface area contributed by atoms with Crippen LogP contribution in [0.15, 0.2) is 42.7 Å². The SMILES string of the molecule is Cc1cc(Cl)ccc1-c1nc(C)c(CC(=O)OCc2ccc3c(c2)ncn3C)s1. The van der Waals surface area contributed by atoms with Gasteiger partial charge in [0.05, 0.1) is 29.5 Å². The first-order valence-corrected chi connectivity index (χ1v) is 10.4. The van der Waals surface area contributed by atoms with E-state index < -0.39 is 0 Å². The molecule has 0 saturated carbocycles. The number of rotatable bonds is 5. The van der Waals surface area contributed by atoms with Crippen molar-refractivity contribution in [1.82, 2.24) is 14.5 Å². The molecule has 5 nitrogen and oxygen atoms in total. The van der Waals surface area contributed by atoms with E-state index >= 15 is 0 Å². The predicted molar refractivity (Wildman–Crippen MR) is 116 cm³/mol. The minimum Gasteiger partial charge on any atom is -0.461 e. The molecule has 0 aliphatic carbocycles. The van der Waals surface area contributed by atoms with E-state index in [1.807, 2.05) is 61.9 Å². The van der Waals surface area contributed by atoms with Gasteiger partial charge in [0, 0.05) is 22.5 Å². The van der Waals surface area contributed by atoms with Crippen molar-refractivity contribution in [3.05, 3.63) is 69.4 Å². The van der Waals surface area contributed by atoms with Crippen molar-refractivity contribution < 1.29 is 9.53 Å². The van der Waals surface area contributed by atoms with Gasteiger partial charge in [-0.15, -0.1) is 11.3 Å². The fraction of sp³-hybridized carbons (Fsp3) is 0.227. The molecule has 4 rings (SSSR count). The van der Waals surface area contributed by atoms with Gasteiger partial charge in [-0.3, -0.25) is 4.79 Å². The number of aromatic nitrogens is 3. The molecule has 148 valence electrons. The van der Waals surface area contributed by atoms with Crippen LogP contribution in [-0.2, 0) is 29.6 Å². The van der Waals surface area contributed by atoms with Crippen LogP contribution in [0.2, 0.25) is 5.02 Å². The van der Waals surface area contributed by atoms with Gasteiger partial charge in [0.25, 0.3) is 0 Å². The second-order valence-electron chi connectivity index (χ2n) is 7.00. The van der Waals surface area contributed by atoms with E-state index in [2.05, 4.69) is 9.97 Å². The number of hydrogen-bond acceptors (Lipinski definition) is 5. The van der Waals surface area contributed by atoms with Crippen LogP contribution in [0.4, 0.5) is 0 Å². The second-order valence-corrected chi connectivity index (χ2v) is 8.52. The number of thiazole rings is 1. The third-order valence-electron chi connectivity index (χ3n) is 4.81. The maximum absolute atomic E-state index is 12.4. The lowest BCUT2D eigenvalue weighted by molar-refractivity contribution is -0.144. The average Bonchev–Trinajstić information content (AvgIpc) is 3.23. The van der Waals surface area contributed by atoms with E-state index in [9.17, 15) is 4.79 Å². The number of benzene rings is 2. The third-order valence-corrected chi connectivity index (χ3v) is 6.23. The summed E-state index contributed by atoms with van der Waals surface area (Å²) in [6.07, 6.45) is 1.98. The van der Waals surface area contributed by atoms with Crippen LogP contribution >= 0.6 is 22.9 Å². The molecule has 2 heterocycles. The number of imidazole rings is 1. The first kappa shape index (κ1) is 19.6. The lowest BCUT2D eigenvalue weighted by Gasteiger charge is -2.05. The molecule has 2 aromatic carbocycles. The minimum absolute atomic E-state index is 0.210. The van der Waals surface area contributed by atoms with Crippen molar-refractivity contribution >= 4 is 39.9 Å². The van der Waals surface area contributed by atoms with E-state index in [1.54, 1.807) is 6.33 Å². The normalized spacial score (nSPS) is 11.2. The van der Waals surface area contributed by atoms with Crippen LogP contribution in [0, 0.1) is 13.8 Å². The fourth-order valence-electron chi connectivity index (χ4n) is 3.19. The Morgan fingerprint density at radius 1 is 1.21 bits per heavy atom. The topological polar surface area (TPSA) is 57.0 Å². The van der Waals surface area contributed by atoms with Gasteiger partial charge in [0.15, 0.2) is 0 Å². The Kier molecular flexibility index (Phi) is 5.39. The summed E-state index contributed by atoms with van der Waals surface area (Å²) < 4.78 is 7.44. The van der Waals surface area contributed by atoms with Crippen molar-refractivity contribution in [2.24, 2.45) is 7.05 Å². The molecule has 0 bridgehead atoms. The third kappa shape index (κ3) is 4.18. The summed E-state index contributed by atoms with van der Waals surface area (Å²) >= 11 is 7.56. The molecular weight excluding hydrogens is 406 g/mol. The lowest BCUT2D eigenvalue weighted by Crippen LogP contribution is -2.07. The number of carbonyl (C=O) groups is 1. The number of ether oxygens (including phenoxy) is 1. The maximum atomic E-state index is 12.4. The van der Waals surface area contributed by atoms with Gasteiger partial charge in [0.1, 0.15) is 11.6 Å². The number of nitrogens with zero attached hydrogens (tertiary/aromatic N) is 3. The molecule has 7 heteroatoms. The summed E-state index contributed by atoms with van der Waals surface area (Å²) in [7, 11) is 1.95. The highest BCUT2D eigenvalue weighted by Gasteiger charge is 2.15. The van der Waals surface area contributed by atoms with Gasteiger partial charge >= 0.3 is 5.97 Å². The van der Waals surface area contributed by atoms with Crippen LogP contribution in [0.25, 0.3) is 21.6 Å². The predicted octanol–water partition coefficient (Wildman–Crippen LogP) is 5.25. The lowest BCUT2D eigenvalue weighted by atomic mass is 10.1. The first-order chi connectivity index (χ1) is 13.9. The Balaban J connectivity index is 1.43. The number of hydrogen-bond donors (Lipinski definition) is 0. The summed E-state index contributed by atoms with van der Waals surface area (Å²) in [6, 6.07) is 11.6. The Morgan fingerprint density at radius 3 is 2.83 bits per heavy atom. The first-order valence-electron chi connectivity index (χ1n) is 9.19. The van der Waals surface area contributed by atoms with Gasteiger partial charge in [-0.2, -0.15) is 0 Å². The molecule has 0 atom stereocenters. The van der Waals surface area contributed by atoms with Crippen LogP contribution < -0.4 is 0 Å². The van der Waals surface area contributed by atoms with E-state index in [0.717, 1.165) is 43.3 Å². The Labute approximate surface area is 177 Å². The maximum Gasteiger partial charge on any atom is 0.311 e. The molecular formula is C22H20ClN3O2S. The Morgan fingerprint density at radius 2 is 2.03 bits per heavy atom. The molecule has 0 unspecified atom stereocenters. The highest BCUT2D eigenvalue weighted by molar-refractivity contribution is 7.15. The van der Waals surface area contributed by atoms with Gasteiger partial charge < -0.3 is 9.30 Å². The number of aryl methyl sites for hydroxylation is 3. The summed E-state index contributed by atoms with van der Waals surface area (Å²) in [4.78, 5) is 22.3. The number of halogens is 1. The monoisotopic (exact) mass is 425 g/mol. The van der Waals surface area contributed by atoms with Gasteiger partial charge in [-0.1, -0.05) is 23.7 Å². The Bertz CT molecular complexity index is 1210. The zero-order chi connectivity index (χ0) is 20.5. The molecule has 4 aromatic rings. The van der Waals surface area contributed by atoms with Gasteiger partial charge in [0.2, 0.25) is 0 Å².